The third kappa shape index (κ3) is 3.51. The van der Waals surface area contributed by atoms with E-state index in [9.17, 15) is 4.79 Å². The van der Waals surface area contributed by atoms with E-state index in [1.54, 1.807) is 19.0 Å². The van der Waals surface area contributed by atoms with Gasteiger partial charge in [0.1, 0.15) is 0 Å². The highest BCUT2D eigenvalue weighted by molar-refractivity contribution is 6.94. The summed E-state index contributed by atoms with van der Waals surface area (Å²) in [5.41, 5.74) is 3.13. The first-order chi connectivity index (χ1) is 12.3. The normalized spacial score (nSPS) is 12.4. The van der Waals surface area contributed by atoms with E-state index in [1.165, 1.54) is 10.8 Å². The van der Waals surface area contributed by atoms with Crippen LogP contribution in [0.2, 0.25) is 19.6 Å². The molecule has 0 aliphatic heterocycles. The van der Waals surface area contributed by atoms with Gasteiger partial charge in [-0.05, 0) is 22.9 Å². The highest BCUT2D eigenvalue weighted by atomic mass is 28.3. The van der Waals surface area contributed by atoms with E-state index in [2.05, 4.69) is 50.0 Å². The molecule has 3 rings (SSSR count). The third-order valence-corrected chi connectivity index (χ3v) is 6.50. The summed E-state index contributed by atoms with van der Waals surface area (Å²) in [6, 6.07) is 20.6. The molecule has 0 spiro atoms. The SMILES string of the molecule is CN(C)C(=O)n1c(/C(=C/c2ccccc2)[Si](C)(C)C)cc2ccccc21. The van der Waals surface area contributed by atoms with Crippen molar-refractivity contribution in [3.05, 3.63) is 71.9 Å². The highest BCUT2D eigenvalue weighted by Gasteiger charge is 2.27. The molecular formula is C22H26N2OSi. The average Bonchev–Trinajstić information content (AvgIpc) is 2.97. The Hall–Kier alpha value is -2.59. The van der Waals surface area contributed by atoms with Gasteiger partial charge in [-0.25, -0.2) is 4.79 Å². The molecule has 134 valence electrons. The van der Waals surface area contributed by atoms with Gasteiger partial charge in [0.05, 0.1) is 19.3 Å². The Balaban J connectivity index is 2.31. The first kappa shape index (κ1) is 18.2. The Morgan fingerprint density at radius 2 is 1.58 bits per heavy atom. The summed E-state index contributed by atoms with van der Waals surface area (Å²) in [6.07, 6.45) is 2.25. The van der Waals surface area contributed by atoms with E-state index in [1.807, 2.05) is 41.0 Å². The number of benzene rings is 2. The molecule has 26 heavy (non-hydrogen) atoms. The largest absolute Gasteiger partial charge is 0.330 e. The van der Waals surface area contributed by atoms with Crippen LogP contribution in [0.15, 0.2) is 60.7 Å². The molecule has 3 aromatic rings. The molecule has 0 N–H and O–H groups in total. The standard InChI is InChI=1S/C22H26N2OSi/c1-23(2)22(25)24-19-14-10-9-13-18(19)16-20(24)21(26(3,4)5)15-17-11-7-6-8-12-17/h6-16H,1-5H3/b21-15-. The molecule has 0 bridgehead atoms. The number of aromatic nitrogens is 1. The van der Waals surface area contributed by atoms with Gasteiger partial charge in [-0.2, -0.15) is 0 Å². The number of fused-ring (bicyclic) bond motifs is 1. The van der Waals surface area contributed by atoms with Gasteiger partial charge in [-0.15, -0.1) is 0 Å². The van der Waals surface area contributed by atoms with Crippen molar-refractivity contribution in [2.24, 2.45) is 0 Å². The van der Waals surface area contributed by atoms with Gasteiger partial charge < -0.3 is 4.90 Å². The van der Waals surface area contributed by atoms with E-state index in [0.29, 0.717) is 0 Å². The maximum absolute atomic E-state index is 13.0. The van der Waals surface area contributed by atoms with Crippen LogP contribution in [0, 0.1) is 0 Å². The summed E-state index contributed by atoms with van der Waals surface area (Å²) in [6.45, 7) is 6.97. The first-order valence-corrected chi connectivity index (χ1v) is 12.4. The fourth-order valence-corrected chi connectivity index (χ4v) is 4.70. The number of para-hydroxylation sites is 1. The fraction of sp³-hybridized carbons (Fsp3) is 0.227. The molecule has 0 aliphatic rings. The van der Waals surface area contributed by atoms with Crippen LogP contribution in [0.25, 0.3) is 22.2 Å². The zero-order chi connectivity index (χ0) is 18.9. The number of nitrogens with zero attached hydrogens (tertiary/aromatic N) is 2. The predicted molar refractivity (Wildman–Crippen MR) is 114 cm³/mol. The lowest BCUT2D eigenvalue weighted by Gasteiger charge is -2.24. The Bertz CT molecular complexity index is 963. The smallest absolute Gasteiger partial charge is 0.328 e. The number of rotatable bonds is 3. The molecule has 0 aliphatic carbocycles. The topological polar surface area (TPSA) is 25.2 Å². The lowest BCUT2D eigenvalue weighted by Crippen LogP contribution is -2.31. The van der Waals surface area contributed by atoms with Crippen LogP contribution in [0.4, 0.5) is 4.79 Å². The molecule has 1 aromatic heterocycles. The fourth-order valence-electron chi connectivity index (χ4n) is 3.15. The van der Waals surface area contributed by atoms with Gasteiger partial charge in [0.25, 0.3) is 0 Å². The molecule has 4 heteroatoms. The van der Waals surface area contributed by atoms with Gasteiger partial charge in [0, 0.05) is 19.5 Å². The first-order valence-electron chi connectivity index (χ1n) is 8.89. The molecule has 0 radical (unpaired) electrons. The van der Waals surface area contributed by atoms with Crippen LogP contribution >= 0.6 is 0 Å². The summed E-state index contributed by atoms with van der Waals surface area (Å²) in [4.78, 5) is 14.6. The Labute approximate surface area is 156 Å². The van der Waals surface area contributed by atoms with Gasteiger partial charge >= 0.3 is 6.03 Å². The molecule has 0 unspecified atom stereocenters. The van der Waals surface area contributed by atoms with Crippen LogP contribution in [0.3, 0.4) is 0 Å². The summed E-state index contributed by atoms with van der Waals surface area (Å²) in [5.74, 6) is 0. The molecule has 0 fully saturated rings. The number of carbonyl (C=O) groups is 1. The average molecular weight is 363 g/mol. The van der Waals surface area contributed by atoms with E-state index in [0.717, 1.165) is 16.6 Å². The maximum atomic E-state index is 13.0. The lowest BCUT2D eigenvalue weighted by atomic mass is 10.2. The zero-order valence-corrected chi connectivity index (χ0v) is 17.2. The molecule has 1 heterocycles. The molecule has 0 saturated heterocycles. The van der Waals surface area contributed by atoms with Crippen LogP contribution < -0.4 is 0 Å². The molecule has 1 amide bonds. The molecule has 3 nitrogen and oxygen atoms in total. The number of hydrogen-bond donors (Lipinski definition) is 0. The summed E-state index contributed by atoms with van der Waals surface area (Å²) in [7, 11) is 1.89. The molecular weight excluding hydrogens is 336 g/mol. The van der Waals surface area contributed by atoms with E-state index >= 15 is 0 Å². The number of carbonyl (C=O) groups excluding carboxylic acids is 1. The van der Waals surface area contributed by atoms with Gasteiger partial charge in [-0.1, -0.05) is 74.2 Å². The minimum absolute atomic E-state index is 0.0154. The number of amides is 1. The Morgan fingerprint density at radius 3 is 2.19 bits per heavy atom. The third-order valence-electron chi connectivity index (χ3n) is 4.48. The minimum atomic E-state index is -1.72. The Morgan fingerprint density at radius 1 is 0.962 bits per heavy atom. The van der Waals surface area contributed by atoms with Crippen molar-refractivity contribution in [1.82, 2.24) is 9.47 Å². The highest BCUT2D eigenvalue weighted by Crippen LogP contribution is 2.33. The minimum Gasteiger partial charge on any atom is -0.330 e. The van der Waals surface area contributed by atoms with E-state index < -0.39 is 8.07 Å². The van der Waals surface area contributed by atoms with Gasteiger partial charge in [0.15, 0.2) is 0 Å². The maximum Gasteiger partial charge on any atom is 0.328 e. The predicted octanol–water partition coefficient (Wildman–Crippen LogP) is 5.59. The lowest BCUT2D eigenvalue weighted by molar-refractivity contribution is 0.220. The van der Waals surface area contributed by atoms with Gasteiger partial charge in [0.2, 0.25) is 0 Å². The van der Waals surface area contributed by atoms with Crippen molar-refractivity contribution in [3.8, 4) is 0 Å². The Kier molecular flexibility index (Phi) is 4.87. The van der Waals surface area contributed by atoms with Crippen LogP contribution in [0.5, 0.6) is 0 Å². The van der Waals surface area contributed by atoms with Crippen LogP contribution in [-0.2, 0) is 0 Å². The van der Waals surface area contributed by atoms with E-state index in [4.69, 9.17) is 0 Å². The summed E-state index contributed by atoms with van der Waals surface area (Å²) >= 11 is 0. The second-order valence-corrected chi connectivity index (χ2v) is 12.9. The van der Waals surface area contributed by atoms with E-state index in [-0.39, 0.29) is 6.03 Å². The summed E-state index contributed by atoms with van der Waals surface area (Å²) in [5, 5.41) is 2.37. The number of hydrogen-bond acceptors (Lipinski definition) is 1. The monoisotopic (exact) mass is 362 g/mol. The van der Waals surface area contributed by atoms with Crippen molar-refractivity contribution in [3.63, 3.8) is 0 Å². The second kappa shape index (κ2) is 6.96. The van der Waals surface area contributed by atoms with Crippen LogP contribution in [-0.4, -0.2) is 37.7 Å². The van der Waals surface area contributed by atoms with Crippen molar-refractivity contribution in [2.75, 3.05) is 14.1 Å². The van der Waals surface area contributed by atoms with Crippen molar-refractivity contribution < 1.29 is 4.79 Å². The quantitative estimate of drug-likeness (QED) is 0.558. The summed E-state index contributed by atoms with van der Waals surface area (Å²) < 4.78 is 1.86. The van der Waals surface area contributed by atoms with Gasteiger partial charge in [-0.3, -0.25) is 4.57 Å². The second-order valence-electron chi connectivity index (χ2n) is 7.82. The van der Waals surface area contributed by atoms with Crippen molar-refractivity contribution in [1.29, 1.82) is 0 Å². The zero-order valence-electron chi connectivity index (χ0n) is 16.2. The molecule has 0 saturated carbocycles. The van der Waals surface area contributed by atoms with Crippen LogP contribution in [0.1, 0.15) is 11.3 Å². The van der Waals surface area contributed by atoms with Crippen molar-refractivity contribution in [2.45, 2.75) is 19.6 Å². The molecule has 0 atom stereocenters. The van der Waals surface area contributed by atoms with Crippen molar-refractivity contribution >= 4 is 36.3 Å². The molecule has 2 aromatic carbocycles.